The first kappa shape index (κ1) is 20.9. The Balaban J connectivity index is 1.90. The van der Waals surface area contributed by atoms with Gasteiger partial charge in [0.15, 0.2) is 0 Å². The quantitative estimate of drug-likeness (QED) is 0.745. The van der Waals surface area contributed by atoms with Crippen LogP contribution in [-0.2, 0) is 28.0 Å². The van der Waals surface area contributed by atoms with Crippen molar-refractivity contribution in [3.63, 3.8) is 0 Å². The van der Waals surface area contributed by atoms with Crippen LogP contribution in [0, 0.1) is 0 Å². The maximum absolute atomic E-state index is 12.9. The molecule has 0 spiro atoms. The Kier molecular flexibility index (Phi) is 6.21. The number of fused-ring (bicyclic) bond motifs is 1. The number of anilines is 1. The predicted octanol–water partition coefficient (Wildman–Crippen LogP) is 0.799. The van der Waals surface area contributed by atoms with Crippen LogP contribution in [0.1, 0.15) is 50.2 Å². The zero-order valence-corrected chi connectivity index (χ0v) is 17.9. The largest absolute Gasteiger partial charge is 0.373 e. The lowest BCUT2D eigenvalue weighted by Crippen LogP contribution is -2.46. The van der Waals surface area contributed by atoms with E-state index in [4.69, 9.17) is 9.97 Å². The molecule has 156 valence electrons. The van der Waals surface area contributed by atoms with Crippen molar-refractivity contribution >= 4 is 21.9 Å². The van der Waals surface area contributed by atoms with Gasteiger partial charge >= 0.3 is 0 Å². The summed E-state index contributed by atoms with van der Waals surface area (Å²) in [4.78, 5) is 22.9. The van der Waals surface area contributed by atoms with Gasteiger partial charge in [0.1, 0.15) is 11.6 Å². The van der Waals surface area contributed by atoms with Crippen LogP contribution in [0.5, 0.6) is 0 Å². The van der Waals surface area contributed by atoms with Crippen molar-refractivity contribution < 1.29 is 13.2 Å². The van der Waals surface area contributed by atoms with Crippen LogP contribution in [0.2, 0.25) is 0 Å². The van der Waals surface area contributed by atoms with Gasteiger partial charge in [-0.15, -0.1) is 0 Å². The van der Waals surface area contributed by atoms with E-state index in [0.29, 0.717) is 45.0 Å². The number of nitrogens with one attached hydrogen (secondary N) is 1. The summed E-state index contributed by atoms with van der Waals surface area (Å²) in [5.74, 6) is 1.59. The second kappa shape index (κ2) is 8.30. The van der Waals surface area contributed by atoms with E-state index in [1.165, 1.54) is 8.61 Å². The van der Waals surface area contributed by atoms with Crippen LogP contribution in [-0.4, -0.2) is 77.6 Å². The minimum Gasteiger partial charge on any atom is -0.373 e. The molecular formula is C18H30N6O3S. The van der Waals surface area contributed by atoms with E-state index < -0.39 is 10.2 Å². The van der Waals surface area contributed by atoms with Gasteiger partial charge in [0.25, 0.3) is 10.2 Å². The number of aromatic nitrogens is 2. The summed E-state index contributed by atoms with van der Waals surface area (Å²) in [5.41, 5.74) is 1.75. The summed E-state index contributed by atoms with van der Waals surface area (Å²) in [6.07, 6.45) is 1.40. The molecule has 9 nitrogen and oxygen atoms in total. The van der Waals surface area contributed by atoms with Crippen molar-refractivity contribution in [3.05, 3.63) is 17.1 Å². The minimum absolute atomic E-state index is 0.0609. The molecule has 0 bridgehead atoms. The molecule has 2 aliphatic heterocycles. The Morgan fingerprint density at radius 1 is 1.25 bits per heavy atom. The molecule has 1 N–H and O–H groups in total. The second-order valence-electron chi connectivity index (χ2n) is 7.23. The fourth-order valence-electron chi connectivity index (χ4n) is 3.98. The molecule has 1 fully saturated rings. The molecule has 1 aromatic heterocycles. The number of nitrogens with zero attached hydrogens (tertiary/aromatic N) is 5. The van der Waals surface area contributed by atoms with Crippen molar-refractivity contribution in [1.29, 1.82) is 0 Å². The van der Waals surface area contributed by atoms with Crippen LogP contribution in [0.15, 0.2) is 0 Å². The molecule has 3 heterocycles. The normalized spacial score (nSPS) is 20.5. The Bertz CT molecular complexity index is 840. The highest BCUT2D eigenvalue weighted by atomic mass is 32.2. The summed E-state index contributed by atoms with van der Waals surface area (Å²) in [6, 6.07) is 0. The molecule has 3 rings (SSSR count). The smallest absolute Gasteiger partial charge is 0.282 e. The van der Waals surface area contributed by atoms with E-state index in [2.05, 4.69) is 5.32 Å². The zero-order valence-electron chi connectivity index (χ0n) is 17.1. The Labute approximate surface area is 167 Å². The number of amides is 1. The molecule has 28 heavy (non-hydrogen) atoms. The van der Waals surface area contributed by atoms with E-state index >= 15 is 0 Å². The van der Waals surface area contributed by atoms with Crippen molar-refractivity contribution in [3.8, 4) is 0 Å². The zero-order chi connectivity index (χ0) is 20.5. The molecule has 0 aliphatic carbocycles. The van der Waals surface area contributed by atoms with Crippen LogP contribution < -0.4 is 5.32 Å². The van der Waals surface area contributed by atoms with Gasteiger partial charge in [-0.25, -0.2) is 9.97 Å². The molecule has 0 unspecified atom stereocenters. The average molecular weight is 411 g/mol. The van der Waals surface area contributed by atoms with Gasteiger partial charge in [-0.1, -0.05) is 13.8 Å². The van der Waals surface area contributed by atoms with E-state index in [-0.39, 0.29) is 18.4 Å². The molecule has 1 saturated heterocycles. The highest BCUT2D eigenvalue weighted by molar-refractivity contribution is 7.86. The highest BCUT2D eigenvalue weighted by Gasteiger charge is 2.34. The van der Waals surface area contributed by atoms with E-state index in [9.17, 15) is 13.2 Å². The molecular weight excluding hydrogens is 380 g/mol. The van der Waals surface area contributed by atoms with E-state index in [0.717, 1.165) is 23.5 Å². The lowest BCUT2D eigenvalue weighted by molar-refractivity contribution is -0.127. The standard InChI is InChI=1S/C18H30N6O3S/c1-5-23(6-2)28(26,27)24-10-8-15-16(12-24)20-17(21-18(15)19-4)14-7-9-22(11-14)13(3)25/h14H,5-12H2,1-4H3,(H,19,20,21)/t14-/m1/s1. The van der Waals surface area contributed by atoms with Crippen molar-refractivity contribution in [1.82, 2.24) is 23.5 Å². The molecule has 1 amide bonds. The third kappa shape index (κ3) is 3.85. The van der Waals surface area contributed by atoms with Crippen molar-refractivity contribution in [2.24, 2.45) is 0 Å². The number of carbonyl (C=O) groups is 1. The molecule has 2 aliphatic rings. The summed E-state index contributed by atoms with van der Waals surface area (Å²) < 4.78 is 28.8. The first-order valence-corrected chi connectivity index (χ1v) is 11.3. The summed E-state index contributed by atoms with van der Waals surface area (Å²) in [7, 11) is -1.68. The van der Waals surface area contributed by atoms with Gasteiger partial charge in [-0.05, 0) is 12.8 Å². The fourth-order valence-corrected chi connectivity index (χ4v) is 5.57. The number of hydrogen-bond donors (Lipinski definition) is 1. The van der Waals surface area contributed by atoms with Gasteiger partial charge in [0.2, 0.25) is 5.91 Å². The van der Waals surface area contributed by atoms with Crippen molar-refractivity contribution in [2.45, 2.75) is 46.1 Å². The summed E-state index contributed by atoms with van der Waals surface area (Å²) in [5, 5.41) is 3.14. The van der Waals surface area contributed by atoms with Gasteiger partial charge in [-0.3, -0.25) is 4.79 Å². The number of carbonyl (C=O) groups excluding carboxylic acids is 1. The van der Waals surface area contributed by atoms with Crippen LogP contribution in [0.4, 0.5) is 5.82 Å². The monoisotopic (exact) mass is 410 g/mol. The van der Waals surface area contributed by atoms with Gasteiger partial charge in [0, 0.05) is 58.2 Å². The molecule has 1 atom stereocenters. The molecule has 0 aromatic carbocycles. The molecule has 0 radical (unpaired) electrons. The summed E-state index contributed by atoms with van der Waals surface area (Å²) >= 11 is 0. The van der Waals surface area contributed by atoms with E-state index in [1.807, 2.05) is 25.8 Å². The molecule has 10 heteroatoms. The van der Waals surface area contributed by atoms with Crippen LogP contribution >= 0.6 is 0 Å². The topological polar surface area (TPSA) is 98.7 Å². The molecule has 0 saturated carbocycles. The molecule has 1 aromatic rings. The predicted molar refractivity (Wildman–Crippen MR) is 107 cm³/mol. The minimum atomic E-state index is -3.51. The average Bonchev–Trinajstić information content (AvgIpc) is 3.18. The first-order chi connectivity index (χ1) is 13.3. The first-order valence-electron chi connectivity index (χ1n) is 9.89. The SMILES string of the molecule is CCN(CC)S(=O)(=O)N1CCc2c(nc([C@@H]3CCN(C(C)=O)C3)nc2NC)C1. The van der Waals surface area contributed by atoms with Crippen LogP contribution in [0.3, 0.4) is 0 Å². The Morgan fingerprint density at radius 2 is 1.96 bits per heavy atom. The highest BCUT2D eigenvalue weighted by Crippen LogP contribution is 2.31. The third-order valence-corrected chi connectivity index (χ3v) is 7.77. The number of likely N-dealkylation sites (tertiary alicyclic amines) is 1. The Hall–Kier alpha value is -1.78. The summed E-state index contributed by atoms with van der Waals surface area (Å²) in [6.45, 7) is 8.15. The third-order valence-electron chi connectivity index (χ3n) is 5.64. The second-order valence-corrected chi connectivity index (χ2v) is 9.16. The maximum atomic E-state index is 12.9. The maximum Gasteiger partial charge on any atom is 0.282 e. The van der Waals surface area contributed by atoms with Gasteiger partial charge < -0.3 is 10.2 Å². The number of rotatable bonds is 6. The fraction of sp³-hybridized carbons (Fsp3) is 0.722. The number of hydrogen-bond acceptors (Lipinski definition) is 6. The Morgan fingerprint density at radius 3 is 2.54 bits per heavy atom. The van der Waals surface area contributed by atoms with Gasteiger partial charge in [-0.2, -0.15) is 17.0 Å². The van der Waals surface area contributed by atoms with Crippen molar-refractivity contribution in [2.75, 3.05) is 45.1 Å². The van der Waals surface area contributed by atoms with E-state index in [1.54, 1.807) is 6.92 Å². The lowest BCUT2D eigenvalue weighted by Gasteiger charge is -2.32. The van der Waals surface area contributed by atoms with Gasteiger partial charge in [0.05, 0.1) is 12.2 Å². The van der Waals surface area contributed by atoms with Crippen LogP contribution in [0.25, 0.3) is 0 Å². The lowest BCUT2D eigenvalue weighted by atomic mass is 10.0.